The average Bonchev–Trinajstić information content (AvgIpc) is 2.22. The molecule has 17 heavy (non-hydrogen) atoms. The van der Waals surface area contributed by atoms with Gasteiger partial charge >= 0.3 is 0 Å². The molecule has 0 bridgehead atoms. The molecule has 1 aromatic rings. The largest absolute Gasteiger partial charge is 0.353 e. The second-order valence-electron chi connectivity index (χ2n) is 4.19. The Morgan fingerprint density at radius 2 is 2.18 bits per heavy atom. The highest BCUT2D eigenvalue weighted by Crippen LogP contribution is 2.39. The van der Waals surface area contributed by atoms with E-state index in [9.17, 15) is 0 Å². The van der Waals surface area contributed by atoms with Crippen LogP contribution in [0.2, 0.25) is 10.0 Å². The third-order valence-corrected chi connectivity index (χ3v) is 4.46. The van der Waals surface area contributed by atoms with E-state index in [0.717, 1.165) is 16.5 Å². The summed E-state index contributed by atoms with van der Waals surface area (Å²) in [6, 6.07) is 4.15. The van der Waals surface area contributed by atoms with Crippen LogP contribution in [0.4, 0.5) is 5.69 Å². The Labute approximate surface area is 114 Å². The summed E-state index contributed by atoms with van der Waals surface area (Å²) >= 11 is 13.5. The number of nitrogens with zero attached hydrogens (tertiary/aromatic N) is 1. The Bertz CT molecular complexity index is 486. The van der Waals surface area contributed by atoms with Crippen LogP contribution in [0.15, 0.2) is 21.4 Å². The highest BCUT2D eigenvalue weighted by atomic mass is 35.5. The number of nitrogens with one attached hydrogen (secondary N) is 2. The first-order chi connectivity index (χ1) is 8.22. The van der Waals surface area contributed by atoms with E-state index in [2.05, 4.69) is 15.0 Å². The predicted octanol–water partition coefficient (Wildman–Crippen LogP) is 3.92. The first kappa shape index (κ1) is 11.5. The van der Waals surface area contributed by atoms with Crippen molar-refractivity contribution in [3.63, 3.8) is 0 Å². The number of hydrogen-bond acceptors (Lipinski definition) is 4. The molecule has 0 radical (unpaired) electrons. The summed E-state index contributed by atoms with van der Waals surface area (Å²) in [5, 5.41) is 7.86. The van der Waals surface area contributed by atoms with Crippen molar-refractivity contribution in [1.29, 1.82) is 0 Å². The van der Waals surface area contributed by atoms with Crippen molar-refractivity contribution < 1.29 is 0 Å². The molecule has 1 aliphatic heterocycles. The minimum Gasteiger partial charge on any atom is -0.353 e. The monoisotopic (exact) mass is 287 g/mol. The van der Waals surface area contributed by atoms with Gasteiger partial charge in [0.05, 0.1) is 15.6 Å². The van der Waals surface area contributed by atoms with Gasteiger partial charge < -0.3 is 10.6 Å². The molecule has 2 N–H and O–H groups in total. The molecule has 2 aliphatic rings. The van der Waals surface area contributed by atoms with E-state index in [1.165, 1.54) is 31.2 Å². The quantitative estimate of drug-likeness (QED) is 0.769. The molecule has 0 aromatic heterocycles. The maximum atomic E-state index is 6.10. The van der Waals surface area contributed by atoms with Gasteiger partial charge in [0, 0.05) is 23.0 Å². The third kappa shape index (κ3) is 2.34. The summed E-state index contributed by atoms with van der Waals surface area (Å²) in [6.07, 6.45) is 3.73. The van der Waals surface area contributed by atoms with Crippen molar-refractivity contribution in [2.45, 2.75) is 30.2 Å². The van der Waals surface area contributed by atoms with Crippen LogP contribution < -0.4 is 10.6 Å². The standard InChI is InChI=1S/C11H11Cl2N3S/c12-6-4-8(13)10-9(5-6)15-11(16-17-10)14-7-2-1-3-7/h4-5,7H,1-3H2,(H2,14,15,16). The smallest absolute Gasteiger partial charge is 0.208 e. The molecule has 0 amide bonds. The summed E-state index contributed by atoms with van der Waals surface area (Å²) < 4.78 is 4.37. The molecule has 1 aliphatic carbocycles. The van der Waals surface area contributed by atoms with E-state index in [4.69, 9.17) is 23.2 Å². The first-order valence-corrected chi connectivity index (χ1v) is 7.03. The van der Waals surface area contributed by atoms with Gasteiger partial charge in [0.25, 0.3) is 0 Å². The predicted molar refractivity (Wildman–Crippen MR) is 74.2 cm³/mol. The van der Waals surface area contributed by atoms with E-state index in [0.29, 0.717) is 16.1 Å². The second kappa shape index (κ2) is 4.59. The van der Waals surface area contributed by atoms with Gasteiger partial charge in [-0.15, -0.1) is 0 Å². The zero-order valence-electron chi connectivity index (χ0n) is 8.96. The molecule has 0 atom stereocenters. The van der Waals surface area contributed by atoms with Crippen LogP contribution in [0.3, 0.4) is 0 Å². The van der Waals surface area contributed by atoms with Crippen LogP contribution >= 0.6 is 35.1 Å². The van der Waals surface area contributed by atoms with Gasteiger partial charge in [0.15, 0.2) is 0 Å². The molecule has 3 rings (SSSR count). The fourth-order valence-electron chi connectivity index (χ4n) is 1.80. The molecule has 6 heteroatoms. The maximum absolute atomic E-state index is 6.10. The lowest BCUT2D eigenvalue weighted by molar-refractivity contribution is 0.383. The second-order valence-corrected chi connectivity index (χ2v) is 5.81. The average molecular weight is 288 g/mol. The molecule has 3 nitrogen and oxygen atoms in total. The first-order valence-electron chi connectivity index (χ1n) is 5.50. The highest BCUT2D eigenvalue weighted by molar-refractivity contribution is 7.98. The van der Waals surface area contributed by atoms with E-state index >= 15 is 0 Å². The van der Waals surface area contributed by atoms with Crippen LogP contribution in [-0.2, 0) is 0 Å². The Morgan fingerprint density at radius 1 is 1.35 bits per heavy atom. The number of guanidine groups is 1. The van der Waals surface area contributed by atoms with Gasteiger partial charge in [-0.25, -0.2) is 0 Å². The minimum atomic E-state index is 0.554. The number of benzene rings is 1. The molecular weight excluding hydrogens is 277 g/mol. The van der Waals surface area contributed by atoms with Crippen LogP contribution in [-0.4, -0.2) is 12.0 Å². The number of fused-ring (bicyclic) bond motifs is 1. The number of halogens is 2. The Balaban J connectivity index is 1.79. The van der Waals surface area contributed by atoms with Gasteiger partial charge in [-0.2, -0.15) is 4.40 Å². The number of hydrogen-bond donors (Lipinski definition) is 2. The van der Waals surface area contributed by atoms with E-state index in [1.54, 1.807) is 6.07 Å². The van der Waals surface area contributed by atoms with Crippen LogP contribution in [0, 0.1) is 0 Å². The molecule has 1 fully saturated rings. The van der Waals surface area contributed by atoms with Gasteiger partial charge in [0.1, 0.15) is 0 Å². The molecule has 1 saturated carbocycles. The topological polar surface area (TPSA) is 36.4 Å². The summed E-state index contributed by atoms with van der Waals surface area (Å²) in [5.74, 6) is 0.797. The van der Waals surface area contributed by atoms with Crippen molar-refractivity contribution in [2.24, 2.45) is 4.40 Å². The molecule has 1 aromatic carbocycles. The van der Waals surface area contributed by atoms with Crippen LogP contribution in [0.1, 0.15) is 19.3 Å². The van der Waals surface area contributed by atoms with E-state index in [1.807, 2.05) is 6.07 Å². The Kier molecular flexibility index (Phi) is 3.11. The van der Waals surface area contributed by atoms with E-state index < -0.39 is 0 Å². The lowest BCUT2D eigenvalue weighted by Crippen LogP contribution is -2.43. The summed E-state index contributed by atoms with van der Waals surface area (Å²) in [4.78, 5) is 0.926. The molecular formula is C11H11Cl2N3S. The minimum absolute atomic E-state index is 0.554. The van der Waals surface area contributed by atoms with Crippen LogP contribution in [0.25, 0.3) is 0 Å². The maximum Gasteiger partial charge on any atom is 0.208 e. The van der Waals surface area contributed by atoms with Crippen LogP contribution in [0.5, 0.6) is 0 Å². The van der Waals surface area contributed by atoms with Gasteiger partial charge in [-0.05, 0) is 31.4 Å². The van der Waals surface area contributed by atoms with Crippen molar-refractivity contribution in [3.8, 4) is 0 Å². The van der Waals surface area contributed by atoms with Crippen molar-refractivity contribution >= 4 is 46.8 Å². The summed E-state index contributed by atoms with van der Waals surface area (Å²) in [7, 11) is 0. The molecule has 90 valence electrons. The molecule has 0 spiro atoms. The zero-order chi connectivity index (χ0) is 11.8. The SMILES string of the molecule is Clc1cc(Cl)c2c(c1)NC(NC1CCC1)=NS2. The normalized spacial score (nSPS) is 18.8. The summed E-state index contributed by atoms with van der Waals surface area (Å²) in [6.45, 7) is 0. The van der Waals surface area contributed by atoms with Gasteiger partial charge in [0.2, 0.25) is 5.96 Å². The Morgan fingerprint density at radius 3 is 2.88 bits per heavy atom. The number of anilines is 1. The lowest BCUT2D eigenvalue weighted by atomic mass is 9.93. The highest BCUT2D eigenvalue weighted by Gasteiger charge is 2.22. The van der Waals surface area contributed by atoms with Crippen molar-refractivity contribution in [1.82, 2.24) is 5.32 Å². The zero-order valence-corrected chi connectivity index (χ0v) is 11.3. The van der Waals surface area contributed by atoms with Gasteiger partial charge in [-0.3, -0.25) is 0 Å². The fraction of sp³-hybridized carbons (Fsp3) is 0.364. The van der Waals surface area contributed by atoms with Crippen molar-refractivity contribution in [2.75, 3.05) is 5.32 Å². The van der Waals surface area contributed by atoms with Crippen molar-refractivity contribution in [3.05, 3.63) is 22.2 Å². The molecule has 0 saturated heterocycles. The summed E-state index contributed by atoms with van der Waals surface area (Å²) in [5.41, 5.74) is 0.921. The fourth-order valence-corrected chi connectivity index (χ4v) is 3.03. The molecule has 0 unspecified atom stereocenters. The molecule has 1 heterocycles. The number of rotatable bonds is 1. The van der Waals surface area contributed by atoms with E-state index in [-0.39, 0.29) is 0 Å². The van der Waals surface area contributed by atoms with Gasteiger partial charge in [-0.1, -0.05) is 23.2 Å². The Hall–Kier alpha value is -0.580. The third-order valence-electron chi connectivity index (χ3n) is 2.94. The lowest BCUT2D eigenvalue weighted by Gasteiger charge is -2.29.